The standard InChI is InChI=1S/C19H20N2O4/c1-13-8-10-21(18(23)17(13)19(24)25)12-15-6-3-2-5-14(15)11-20-9-4-7-16(20)22/h2-3,5-6,8,10H,4,7,9,11-12H2,1H3,(H,24,25). The number of aromatic carboxylic acids is 1. The van der Waals surface area contributed by atoms with Crippen molar-refractivity contribution in [1.82, 2.24) is 9.47 Å². The van der Waals surface area contributed by atoms with Crippen LogP contribution in [0.5, 0.6) is 0 Å². The summed E-state index contributed by atoms with van der Waals surface area (Å²) in [5, 5.41) is 9.25. The molecule has 1 saturated heterocycles. The van der Waals surface area contributed by atoms with Crippen molar-refractivity contribution < 1.29 is 14.7 Å². The maximum atomic E-state index is 12.5. The number of benzene rings is 1. The van der Waals surface area contributed by atoms with Gasteiger partial charge in [0.25, 0.3) is 5.56 Å². The first-order chi connectivity index (χ1) is 12.0. The lowest BCUT2D eigenvalue weighted by Crippen LogP contribution is -2.28. The molecule has 1 aliphatic heterocycles. The molecule has 0 unspecified atom stereocenters. The van der Waals surface area contributed by atoms with Gasteiger partial charge in [0.1, 0.15) is 5.56 Å². The Morgan fingerprint density at radius 1 is 1.12 bits per heavy atom. The van der Waals surface area contributed by atoms with E-state index in [1.165, 1.54) is 4.57 Å². The summed E-state index contributed by atoms with van der Waals surface area (Å²) in [5.41, 5.74) is 1.62. The van der Waals surface area contributed by atoms with Crippen molar-refractivity contribution in [3.63, 3.8) is 0 Å². The quantitative estimate of drug-likeness (QED) is 0.903. The van der Waals surface area contributed by atoms with Crippen LogP contribution in [0.15, 0.2) is 41.3 Å². The fourth-order valence-electron chi connectivity index (χ4n) is 3.18. The number of hydrogen-bond acceptors (Lipinski definition) is 3. The summed E-state index contributed by atoms with van der Waals surface area (Å²) in [5.74, 6) is -1.07. The number of rotatable bonds is 5. The number of amides is 1. The normalized spacial score (nSPS) is 14.1. The van der Waals surface area contributed by atoms with Crippen molar-refractivity contribution in [2.75, 3.05) is 6.54 Å². The second-order valence-electron chi connectivity index (χ2n) is 6.30. The SMILES string of the molecule is Cc1ccn(Cc2ccccc2CN2CCCC2=O)c(=O)c1C(=O)O. The van der Waals surface area contributed by atoms with Crippen LogP contribution in [0.2, 0.25) is 0 Å². The number of nitrogens with zero attached hydrogens (tertiary/aromatic N) is 2. The van der Waals surface area contributed by atoms with Gasteiger partial charge in [0.15, 0.2) is 0 Å². The van der Waals surface area contributed by atoms with Crippen LogP contribution in [0.4, 0.5) is 0 Å². The Bertz CT molecular complexity index is 885. The molecular formula is C19H20N2O4. The van der Waals surface area contributed by atoms with Crippen molar-refractivity contribution in [2.24, 2.45) is 0 Å². The van der Waals surface area contributed by atoms with E-state index in [1.807, 2.05) is 29.2 Å². The highest BCUT2D eigenvalue weighted by atomic mass is 16.4. The fraction of sp³-hybridized carbons (Fsp3) is 0.316. The predicted molar refractivity (Wildman–Crippen MR) is 92.6 cm³/mol. The van der Waals surface area contributed by atoms with E-state index < -0.39 is 11.5 Å². The van der Waals surface area contributed by atoms with Gasteiger partial charge in [-0.1, -0.05) is 24.3 Å². The van der Waals surface area contributed by atoms with E-state index in [1.54, 1.807) is 19.2 Å². The first-order valence-electron chi connectivity index (χ1n) is 8.25. The summed E-state index contributed by atoms with van der Waals surface area (Å²) < 4.78 is 1.40. The zero-order valence-corrected chi connectivity index (χ0v) is 14.1. The Kier molecular flexibility index (Phi) is 4.70. The highest BCUT2D eigenvalue weighted by Crippen LogP contribution is 2.18. The summed E-state index contributed by atoms with van der Waals surface area (Å²) in [4.78, 5) is 37.5. The first kappa shape index (κ1) is 17.0. The molecule has 1 aromatic carbocycles. The minimum atomic E-state index is -1.22. The number of carboxylic acids is 1. The Hall–Kier alpha value is -2.89. The van der Waals surface area contributed by atoms with Crippen LogP contribution in [0.25, 0.3) is 0 Å². The smallest absolute Gasteiger partial charge is 0.341 e. The Morgan fingerprint density at radius 3 is 2.40 bits per heavy atom. The van der Waals surface area contributed by atoms with E-state index in [4.69, 9.17) is 0 Å². The highest BCUT2D eigenvalue weighted by molar-refractivity contribution is 5.88. The number of hydrogen-bond donors (Lipinski definition) is 1. The van der Waals surface area contributed by atoms with Gasteiger partial charge in [-0.25, -0.2) is 4.79 Å². The van der Waals surface area contributed by atoms with Crippen molar-refractivity contribution in [3.05, 3.63) is 69.1 Å². The molecule has 6 heteroatoms. The maximum absolute atomic E-state index is 12.5. The molecule has 1 aliphatic rings. The van der Waals surface area contributed by atoms with E-state index >= 15 is 0 Å². The van der Waals surface area contributed by atoms with Crippen molar-refractivity contribution in [3.8, 4) is 0 Å². The molecule has 1 aromatic heterocycles. The first-order valence-corrected chi connectivity index (χ1v) is 8.25. The third-order valence-corrected chi connectivity index (χ3v) is 4.58. The number of aromatic nitrogens is 1. The molecule has 6 nitrogen and oxygen atoms in total. The third kappa shape index (κ3) is 3.47. The molecule has 1 amide bonds. The summed E-state index contributed by atoms with van der Waals surface area (Å²) in [6.07, 6.45) is 3.07. The number of carbonyl (C=O) groups excluding carboxylic acids is 1. The van der Waals surface area contributed by atoms with E-state index in [2.05, 4.69) is 0 Å². The van der Waals surface area contributed by atoms with Crippen molar-refractivity contribution in [1.29, 1.82) is 0 Å². The van der Waals surface area contributed by atoms with E-state index in [0.717, 1.165) is 24.1 Å². The average molecular weight is 340 g/mol. The van der Waals surface area contributed by atoms with Gasteiger partial charge in [0.2, 0.25) is 5.91 Å². The monoisotopic (exact) mass is 340 g/mol. The lowest BCUT2D eigenvalue weighted by Gasteiger charge is -2.18. The van der Waals surface area contributed by atoms with Crippen LogP contribution in [-0.4, -0.2) is 33.0 Å². The predicted octanol–water partition coefficient (Wildman–Crippen LogP) is 2.03. The summed E-state index contributed by atoms with van der Waals surface area (Å²) in [6, 6.07) is 9.26. The van der Waals surface area contributed by atoms with Gasteiger partial charge in [0, 0.05) is 25.7 Å². The second-order valence-corrected chi connectivity index (χ2v) is 6.30. The maximum Gasteiger partial charge on any atom is 0.341 e. The van der Waals surface area contributed by atoms with E-state index in [9.17, 15) is 19.5 Å². The van der Waals surface area contributed by atoms with E-state index in [-0.39, 0.29) is 18.0 Å². The van der Waals surface area contributed by atoms with Gasteiger partial charge in [0.05, 0.1) is 6.54 Å². The molecule has 2 aromatic rings. The minimum Gasteiger partial charge on any atom is -0.477 e. The highest BCUT2D eigenvalue weighted by Gasteiger charge is 2.21. The molecule has 0 atom stereocenters. The molecule has 3 rings (SSSR count). The number of carboxylic acid groups (broad SMARTS) is 1. The molecule has 0 spiro atoms. The molecule has 1 fully saturated rings. The molecule has 0 bridgehead atoms. The largest absolute Gasteiger partial charge is 0.477 e. The number of pyridine rings is 1. The third-order valence-electron chi connectivity index (χ3n) is 4.58. The molecular weight excluding hydrogens is 320 g/mol. The van der Waals surface area contributed by atoms with Gasteiger partial charge in [-0.05, 0) is 36.1 Å². The second kappa shape index (κ2) is 6.93. The van der Waals surface area contributed by atoms with Crippen LogP contribution in [0.3, 0.4) is 0 Å². The van der Waals surface area contributed by atoms with Gasteiger partial charge in [-0.2, -0.15) is 0 Å². The van der Waals surface area contributed by atoms with Crippen LogP contribution < -0.4 is 5.56 Å². The zero-order chi connectivity index (χ0) is 18.0. The van der Waals surface area contributed by atoms with Crippen LogP contribution in [0.1, 0.15) is 39.9 Å². The van der Waals surface area contributed by atoms with Gasteiger partial charge >= 0.3 is 5.97 Å². The lowest BCUT2D eigenvalue weighted by molar-refractivity contribution is -0.128. The van der Waals surface area contributed by atoms with Crippen molar-refractivity contribution >= 4 is 11.9 Å². The van der Waals surface area contributed by atoms with Crippen LogP contribution >= 0.6 is 0 Å². The molecule has 2 heterocycles. The van der Waals surface area contributed by atoms with Crippen molar-refractivity contribution in [2.45, 2.75) is 32.9 Å². The van der Waals surface area contributed by atoms with Gasteiger partial charge in [-0.15, -0.1) is 0 Å². The zero-order valence-electron chi connectivity index (χ0n) is 14.1. The number of aryl methyl sites for hydroxylation is 1. The molecule has 0 radical (unpaired) electrons. The van der Waals surface area contributed by atoms with Gasteiger partial charge < -0.3 is 14.6 Å². The number of likely N-dealkylation sites (tertiary alicyclic amines) is 1. The van der Waals surface area contributed by atoms with Crippen LogP contribution in [0, 0.1) is 6.92 Å². The summed E-state index contributed by atoms with van der Waals surface area (Å²) in [7, 11) is 0. The molecule has 1 N–H and O–H groups in total. The topological polar surface area (TPSA) is 79.6 Å². The Labute approximate surface area is 145 Å². The van der Waals surface area contributed by atoms with E-state index in [0.29, 0.717) is 18.5 Å². The lowest BCUT2D eigenvalue weighted by atomic mass is 10.1. The van der Waals surface area contributed by atoms with Gasteiger partial charge in [-0.3, -0.25) is 9.59 Å². The Morgan fingerprint density at radius 2 is 1.80 bits per heavy atom. The molecule has 25 heavy (non-hydrogen) atoms. The molecule has 130 valence electrons. The molecule has 0 aliphatic carbocycles. The fourth-order valence-corrected chi connectivity index (χ4v) is 3.18. The van der Waals surface area contributed by atoms with Crippen LogP contribution in [-0.2, 0) is 17.9 Å². The summed E-state index contributed by atoms with van der Waals surface area (Å²) >= 11 is 0. The Balaban J connectivity index is 1.92. The summed E-state index contributed by atoms with van der Waals surface area (Å²) in [6.45, 7) is 3.15. The minimum absolute atomic E-state index is 0.149. The molecule has 0 saturated carbocycles. The average Bonchev–Trinajstić information content (AvgIpc) is 2.96. The number of carbonyl (C=O) groups is 2.